The Balaban J connectivity index is 1.76. The first-order valence-electron chi connectivity index (χ1n) is 7.73. The van der Waals surface area contributed by atoms with Crippen LogP contribution in [-0.4, -0.2) is 27.6 Å². The molecule has 0 unspecified atom stereocenters. The number of benzene rings is 2. The van der Waals surface area contributed by atoms with Gasteiger partial charge in [0.05, 0.1) is 29.2 Å². The highest BCUT2D eigenvalue weighted by molar-refractivity contribution is 7.22. The van der Waals surface area contributed by atoms with Crippen molar-refractivity contribution in [1.82, 2.24) is 14.5 Å². The molecule has 2 heterocycles. The molecule has 0 aliphatic heterocycles. The molecule has 0 atom stereocenters. The summed E-state index contributed by atoms with van der Waals surface area (Å²) in [5, 5.41) is 4.08. The maximum absolute atomic E-state index is 11.7. The van der Waals surface area contributed by atoms with Gasteiger partial charge in [-0.15, -0.1) is 0 Å². The van der Waals surface area contributed by atoms with Crippen LogP contribution in [-0.2, 0) is 11.8 Å². The minimum absolute atomic E-state index is 0.359. The van der Waals surface area contributed by atoms with Gasteiger partial charge in [0, 0.05) is 12.7 Å². The summed E-state index contributed by atoms with van der Waals surface area (Å²) in [5.74, 6) is -0.359. The summed E-state index contributed by atoms with van der Waals surface area (Å²) < 4.78 is 7.83. The number of fused-ring (bicyclic) bond motifs is 3. The lowest BCUT2D eigenvalue weighted by Gasteiger charge is -2.08. The Hall–Kier alpha value is -2.93. The van der Waals surface area contributed by atoms with Crippen LogP contribution in [0.4, 0.5) is 10.8 Å². The molecule has 0 spiro atoms. The van der Waals surface area contributed by atoms with Gasteiger partial charge >= 0.3 is 5.97 Å². The number of carbonyl (C=O) groups excluding carboxylic acids is 1. The second-order valence-electron chi connectivity index (χ2n) is 5.80. The van der Waals surface area contributed by atoms with Crippen molar-refractivity contribution in [2.75, 3.05) is 12.4 Å². The molecule has 0 fully saturated rings. The van der Waals surface area contributed by atoms with Crippen LogP contribution >= 0.6 is 11.3 Å². The molecule has 2 aromatic carbocycles. The highest BCUT2D eigenvalue weighted by Crippen LogP contribution is 2.33. The highest BCUT2D eigenvalue weighted by Gasteiger charge is 2.13. The first-order chi connectivity index (χ1) is 12.1. The summed E-state index contributed by atoms with van der Waals surface area (Å²) in [6, 6.07) is 9.53. The van der Waals surface area contributed by atoms with E-state index in [1.54, 1.807) is 29.8 Å². The molecule has 6 nitrogen and oxygen atoms in total. The number of rotatable bonds is 3. The summed E-state index contributed by atoms with van der Waals surface area (Å²) in [4.78, 5) is 20.9. The van der Waals surface area contributed by atoms with Crippen LogP contribution in [0.1, 0.15) is 15.9 Å². The predicted octanol–water partition coefficient (Wildman–Crippen LogP) is 4.02. The SMILES string of the molecule is COC(=O)c1ccc(C)c(Nc2nc3c(ccc4c3ncn4C)s2)c1. The Kier molecular flexibility index (Phi) is 3.65. The van der Waals surface area contributed by atoms with E-state index in [1.165, 1.54) is 7.11 Å². The lowest BCUT2D eigenvalue weighted by Crippen LogP contribution is -2.02. The molecule has 0 aliphatic rings. The van der Waals surface area contributed by atoms with E-state index in [1.807, 2.05) is 24.6 Å². The lowest BCUT2D eigenvalue weighted by atomic mass is 10.1. The van der Waals surface area contributed by atoms with Crippen molar-refractivity contribution in [2.24, 2.45) is 7.05 Å². The second kappa shape index (κ2) is 5.86. The van der Waals surface area contributed by atoms with Gasteiger partial charge in [0.15, 0.2) is 5.13 Å². The van der Waals surface area contributed by atoms with E-state index in [9.17, 15) is 4.79 Å². The van der Waals surface area contributed by atoms with Crippen LogP contribution in [0.25, 0.3) is 21.3 Å². The van der Waals surface area contributed by atoms with Crippen molar-refractivity contribution in [3.8, 4) is 0 Å². The smallest absolute Gasteiger partial charge is 0.337 e. The van der Waals surface area contributed by atoms with E-state index in [-0.39, 0.29) is 5.97 Å². The number of imidazole rings is 1. The lowest BCUT2D eigenvalue weighted by molar-refractivity contribution is 0.0601. The van der Waals surface area contributed by atoms with Crippen LogP contribution in [0, 0.1) is 6.92 Å². The van der Waals surface area contributed by atoms with Crippen molar-refractivity contribution in [3.05, 3.63) is 47.8 Å². The summed E-state index contributed by atoms with van der Waals surface area (Å²) in [7, 11) is 3.34. The van der Waals surface area contributed by atoms with Crippen molar-refractivity contribution < 1.29 is 9.53 Å². The summed E-state index contributed by atoms with van der Waals surface area (Å²) >= 11 is 1.56. The van der Waals surface area contributed by atoms with Crippen LogP contribution in [0.5, 0.6) is 0 Å². The van der Waals surface area contributed by atoms with Gasteiger partial charge in [-0.2, -0.15) is 0 Å². The van der Waals surface area contributed by atoms with E-state index < -0.39 is 0 Å². The van der Waals surface area contributed by atoms with Crippen molar-refractivity contribution in [1.29, 1.82) is 0 Å². The quantitative estimate of drug-likeness (QED) is 0.564. The third kappa shape index (κ3) is 2.62. The molecule has 1 N–H and O–H groups in total. The number of ether oxygens (including phenoxy) is 1. The number of nitrogens with one attached hydrogen (secondary N) is 1. The van der Waals surface area contributed by atoms with E-state index in [4.69, 9.17) is 9.72 Å². The maximum Gasteiger partial charge on any atom is 0.337 e. The molecule has 0 aliphatic carbocycles. The molecule has 0 saturated carbocycles. The minimum Gasteiger partial charge on any atom is -0.465 e. The number of hydrogen-bond donors (Lipinski definition) is 1. The van der Waals surface area contributed by atoms with Crippen molar-refractivity contribution >= 4 is 49.4 Å². The van der Waals surface area contributed by atoms with Crippen LogP contribution < -0.4 is 5.32 Å². The Morgan fingerprint density at radius 2 is 2.08 bits per heavy atom. The van der Waals surface area contributed by atoms with Gasteiger partial charge in [-0.1, -0.05) is 17.4 Å². The van der Waals surface area contributed by atoms with Crippen LogP contribution in [0.3, 0.4) is 0 Å². The standard InChI is InChI=1S/C18H16N4O2S/c1-10-4-5-11(17(23)24-3)8-12(10)20-18-21-16-14(25-18)7-6-13-15(16)19-9-22(13)2/h4-9H,1-3H3,(H,20,21). The Morgan fingerprint density at radius 1 is 1.24 bits per heavy atom. The molecule has 4 rings (SSSR count). The predicted molar refractivity (Wildman–Crippen MR) is 99.7 cm³/mol. The zero-order chi connectivity index (χ0) is 17.6. The third-order valence-electron chi connectivity index (χ3n) is 4.15. The van der Waals surface area contributed by atoms with Gasteiger partial charge in [-0.05, 0) is 36.8 Å². The van der Waals surface area contributed by atoms with E-state index in [0.29, 0.717) is 5.56 Å². The summed E-state index contributed by atoms with van der Waals surface area (Å²) in [6.45, 7) is 1.98. The number of aryl methyl sites for hydroxylation is 2. The Morgan fingerprint density at radius 3 is 2.88 bits per heavy atom. The normalized spacial score (nSPS) is 11.2. The largest absolute Gasteiger partial charge is 0.465 e. The number of carbonyl (C=O) groups is 1. The molecule has 0 amide bonds. The molecule has 126 valence electrons. The topological polar surface area (TPSA) is 69.0 Å². The monoisotopic (exact) mass is 352 g/mol. The van der Waals surface area contributed by atoms with Crippen LogP contribution in [0.2, 0.25) is 0 Å². The molecule has 0 saturated heterocycles. The number of thiazole rings is 1. The molecular formula is C18H16N4O2S. The minimum atomic E-state index is -0.359. The Labute approximate surface area is 148 Å². The van der Waals surface area contributed by atoms with E-state index in [0.717, 1.165) is 37.6 Å². The zero-order valence-electron chi connectivity index (χ0n) is 14.0. The summed E-state index contributed by atoms with van der Waals surface area (Å²) in [6.07, 6.45) is 1.79. The van der Waals surface area contributed by atoms with Crippen molar-refractivity contribution in [3.63, 3.8) is 0 Å². The number of anilines is 2. The molecule has 0 bridgehead atoms. The number of methoxy groups -OCH3 is 1. The highest BCUT2D eigenvalue weighted by atomic mass is 32.1. The molecule has 0 radical (unpaired) electrons. The molecule has 7 heteroatoms. The first-order valence-corrected chi connectivity index (χ1v) is 8.55. The molecule has 25 heavy (non-hydrogen) atoms. The van der Waals surface area contributed by atoms with Gasteiger partial charge in [0.1, 0.15) is 11.0 Å². The number of hydrogen-bond acceptors (Lipinski definition) is 6. The van der Waals surface area contributed by atoms with Gasteiger partial charge in [-0.3, -0.25) is 0 Å². The van der Waals surface area contributed by atoms with Crippen LogP contribution in [0.15, 0.2) is 36.7 Å². The fraction of sp³-hybridized carbons (Fsp3) is 0.167. The van der Waals surface area contributed by atoms with Crippen molar-refractivity contribution in [2.45, 2.75) is 6.92 Å². The number of esters is 1. The first kappa shape index (κ1) is 15.6. The second-order valence-corrected chi connectivity index (χ2v) is 6.83. The number of aromatic nitrogens is 3. The van der Waals surface area contributed by atoms with Gasteiger partial charge < -0.3 is 14.6 Å². The summed E-state index contributed by atoms with van der Waals surface area (Å²) in [5.41, 5.74) is 5.18. The zero-order valence-corrected chi connectivity index (χ0v) is 14.8. The molecule has 2 aromatic heterocycles. The van der Waals surface area contributed by atoms with E-state index in [2.05, 4.69) is 22.4 Å². The molecule has 4 aromatic rings. The van der Waals surface area contributed by atoms with Gasteiger partial charge in [-0.25, -0.2) is 14.8 Å². The van der Waals surface area contributed by atoms with Gasteiger partial charge in [0.25, 0.3) is 0 Å². The fourth-order valence-corrected chi connectivity index (χ4v) is 3.64. The maximum atomic E-state index is 11.7. The molecular weight excluding hydrogens is 336 g/mol. The average Bonchev–Trinajstić information content (AvgIpc) is 3.19. The third-order valence-corrected chi connectivity index (χ3v) is 5.09. The average molecular weight is 352 g/mol. The van der Waals surface area contributed by atoms with E-state index >= 15 is 0 Å². The fourth-order valence-electron chi connectivity index (χ4n) is 2.76. The number of nitrogens with zero attached hydrogens (tertiary/aromatic N) is 3. The van der Waals surface area contributed by atoms with Gasteiger partial charge in [0.2, 0.25) is 0 Å². The Bertz CT molecular complexity index is 1110.